The molecule has 70 heavy (non-hydrogen) atoms. The summed E-state index contributed by atoms with van der Waals surface area (Å²) in [4.78, 5) is 59.3. The first-order valence-electron chi connectivity index (χ1n) is 24.0. The fourth-order valence-corrected chi connectivity index (χ4v) is 10.4. The Hall–Kier alpha value is -3.16. The second-order valence-electron chi connectivity index (χ2n) is 20.1. The Kier molecular flexibility index (Phi) is 22.4. The molecule has 22 heteroatoms. The molecule has 0 radical (unpaired) electrons. The standard InChI is InChI=1S/C48H82N2O19S/c1-18-36-48(13,56)41(54)28(4)38(49-69-34(10)53)26(2)24-47(12,60-21-19-20-22-61-70(17,57)58)42(68-45-40(64-32(8)51)35(50(14)15)23-27(3)62-45)29(5)39(30(6)44(55)66-36)67-37-25-46(11,59-16)43(31(7)63-37)65-33(9)52/h19-20,26-31,35-37,39-43,45,54,56H,18,21-25H2,1-17H3/t26-,27-,28+,29+,30-,31+,35+,36-,37?,39+,40-,41-,42-,43+,45+,46-,47-,48-/m1/s1. The molecule has 404 valence electrons. The van der Waals surface area contributed by atoms with Crippen LogP contribution in [-0.4, -0.2) is 178 Å². The molecule has 0 amide bonds. The quantitative estimate of drug-likeness (QED) is 0.0556. The maximum absolute atomic E-state index is 14.8. The highest BCUT2D eigenvalue weighted by molar-refractivity contribution is 7.86. The Morgan fingerprint density at radius 3 is 2.01 bits per heavy atom. The number of esters is 3. The van der Waals surface area contributed by atoms with Crippen molar-refractivity contribution in [2.45, 2.75) is 200 Å². The Morgan fingerprint density at radius 2 is 1.47 bits per heavy atom. The SMILES string of the molecule is CC[C@H]1OC(=O)[C@H](C)[C@@H](OC2C[C@@](C)(OC)[C@@H](OC(C)=O)[C@H](C)O2)[C@H](C)[C@@H](O[C@@H]2O[C@H](C)C[C@H](N(C)C)[C@H]2OC(C)=O)[C@](C)(OCC=CCOS(C)(=O)=O)C[C@@H](C)C(=NOC(C)=O)[C@H](C)[C@@H](O)[C@]1(C)O. The number of nitrogens with zero attached hydrogens (tertiary/aromatic N) is 2. The number of rotatable bonds is 16. The largest absolute Gasteiger partial charge is 0.459 e. The first-order chi connectivity index (χ1) is 32.3. The van der Waals surface area contributed by atoms with Crippen molar-refractivity contribution in [3.63, 3.8) is 0 Å². The van der Waals surface area contributed by atoms with Crippen molar-refractivity contribution < 1.29 is 89.5 Å². The predicted octanol–water partition coefficient (Wildman–Crippen LogP) is 3.83. The zero-order valence-electron chi connectivity index (χ0n) is 44.2. The maximum atomic E-state index is 14.8. The highest BCUT2D eigenvalue weighted by Crippen LogP contribution is 2.43. The number of carbonyl (C=O) groups is 4. The summed E-state index contributed by atoms with van der Waals surface area (Å²) in [7, 11) is 1.39. The van der Waals surface area contributed by atoms with Gasteiger partial charge in [-0.15, -0.1) is 0 Å². The number of carbonyl (C=O) groups excluding carboxylic acids is 4. The van der Waals surface area contributed by atoms with Crippen molar-refractivity contribution >= 4 is 39.7 Å². The normalized spacial score (nSPS) is 40.1. The summed E-state index contributed by atoms with van der Waals surface area (Å²) in [6.45, 7) is 20.1. The van der Waals surface area contributed by atoms with Crippen molar-refractivity contribution in [1.82, 2.24) is 4.90 Å². The Morgan fingerprint density at radius 1 is 0.857 bits per heavy atom. The Labute approximate surface area is 414 Å². The van der Waals surface area contributed by atoms with Gasteiger partial charge in [0.05, 0.1) is 73.3 Å². The van der Waals surface area contributed by atoms with Crippen LogP contribution in [0.15, 0.2) is 17.3 Å². The van der Waals surface area contributed by atoms with E-state index in [1.165, 1.54) is 34.0 Å². The van der Waals surface area contributed by atoms with Crippen molar-refractivity contribution in [2.24, 2.45) is 28.8 Å². The summed E-state index contributed by atoms with van der Waals surface area (Å²) in [5.41, 5.74) is -4.64. The molecule has 0 aliphatic carbocycles. The first kappa shape index (κ1) is 61.1. The second kappa shape index (κ2) is 25.7. The molecule has 1 unspecified atom stereocenters. The molecule has 0 aromatic carbocycles. The number of cyclic esters (lactones) is 1. The lowest BCUT2D eigenvalue weighted by Crippen LogP contribution is -2.62. The molecular weight excluding hydrogens is 941 g/mol. The topological polar surface area (TPSA) is 260 Å². The molecule has 2 N–H and O–H groups in total. The summed E-state index contributed by atoms with van der Waals surface area (Å²) >= 11 is 0. The molecule has 3 aliphatic heterocycles. The van der Waals surface area contributed by atoms with Gasteiger partial charge in [0.2, 0.25) is 0 Å². The first-order valence-corrected chi connectivity index (χ1v) is 25.8. The summed E-state index contributed by atoms with van der Waals surface area (Å²) in [5.74, 6) is -6.61. The number of ether oxygens (including phenoxy) is 9. The lowest BCUT2D eigenvalue weighted by molar-refractivity contribution is -0.321. The molecule has 0 aromatic rings. The van der Waals surface area contributed by atoms with E-state index in [4.69, 9.17) is 51.7 Å². The van der Waals surface area contributed by atoms with Gasteiger partial charge in [-0.3, -0.25) is 18.6 Å². The fourth-order valence-electron chi connectivity index (χ4n) is 10.1. The highest BCUT2D eigenvalue weighted by Gasteiger charge is 2.55. The van der Waals surface area contributed by atoms with E-state index in [-0.39, 0.29) is 38.2 Å². The molecule has 3 aliphatic rings. The Bertz CT molecular complexity index is 1930. The highest BCUT2D eigenvalue weighted by atomic mass is 32.2. The summed E-state index contributed by atoms with van der Waals surface area (Å²) in [5, 5.41) is 28.4. The molecule has 21 nitrogen and oxygen atoms in total. The van der Waals surface area contributed by atoms with Crippen LogP contribution in [0.4, 0.5) is 0 Å². The van der Waals surface area contributed by atoms with E-state index in [0.717, 1.165) is 13.2 Å². The van der Waals surface area contributed by atoms with E-state index in [9.17, 15) is 37.8 Å². The third-order valence-corrected chi connectivity index (χ3v) is 14.3. The number of oxime groups is 1. The van der Waals surface area contributed by atoms with E-state index in [1.807, 2.05) is 25.9 Å². The Balaban J connectivity index is 2.45. The summed E-state index contributed by atoms with van der Waals surface area (Å²) in [6.07, 6.45) is -6.28. The van der Waals surface area contributed by atoms with Crippen molar-refractivity contribution in [1.29, 1.82) is 0 Å². The number of likely N-dealkylation sites (N-methyl/N-ethyl adjacent to an activating group) is 1. The van der Waals surface area contributed by atoms with Gasteiger partial charge in [-0.25, -0.2) is 4.79 Å². The summed E-state index contributed by atoms with van der Waals surface area (Å²) < 4.78 is 86.2. The van der Waals surface area contributed by atoms with E-state index < -0.39 is 142 Å². The number of aliphatic hydroxyl groups is 2. The molecule has 0 aromatic heterocycles. The third kappa shape index (κ3) is 16.2. The van der Waals surface area contributed by atoms with Crippen molar-refractivity contribution in [2.75, 3.05) is 40.7 Å². The smallest absolute Gasteiger partial charge is 0.331 e. The van der Waals surface area contributed by atoms with Crippen molar-refractivity contribution in [3.05, 3.63) is 12.2 Å². The lowest BCUT2D eigenvalue weighted by Gasteiger charge is -2.50. The predicted molar refractivity (Wildman–Crippen MR) is 253 cm³/mol. The lowest BCUT2D eigenvalue weighted by atomic mass is 9.73. The molecule has 18 atom stereocenters. The van der Waals surface area contributed by atoms with E-state index in [1.54, 1.807) is 61.5 Å². The minimum Gasteiger partial charge on any atom is -0.459 e. The van der Waals surface area contributed by atoms with Gasteiger partial charge in [-0.1, -0.05) is 45.0 Å². The van der Waals surface area contributed by atoms with Crippen LogP contribution in [0.1, 0.15) is 116 Å². The van der Waals surface area contributed by atoms with Gasteiger partial charge in [-0.05, 0) is 74.9 Å². The van der Waals surface area contributed by atoms with Crippen LogP contribution in [0, 0.1) is 23.7 Å². The van der Waals surface area contributed by atoms with Crippen LogP contribution in [0.25, 0.3) is 0 Å². The van der Waals surface area contributed by atoms with Crippen LogP contribution in [0.5, 0.6) is 0 Å². The van der Waals surface area contributed by atoms with Gasteiger partial charge in [0.1, 0.15) is 17.3 Å². The molecular formula is C48H82N2O19S. The number of methoxy groups -OCH3 is 1. The maximum Gasteiger partial charge on any atom is 0.331 e. The van der Waals surface area contributed by atoms with Crippen LogP contribution >= 0.6 is 0 Å². The van der Waals surface area contributed by atoms with Gasteiger partial charge in [0, 0.05) is 52.1 Å². The van der Waals surface area contributed by atoms with Gasteiger partial charge in [0.25, 0.3) is 10.1 Å². The third-order valence-electron chi connectivity index (χ3n) is 13.7. The second-order valence-corrected chi connectivity index (χ2v) is 21.7. The molecule has 3 rings (SSSR count). The minimum atomic E-state index is -3.78. The van der Waals surface area contributed by atoms with Crippen LogP contribution in [0.2, 0.25) is 0 Å². The average molecular weight is 1020 g/mol. The number of aliphatic hydroxyl groups excluding tert-OH is 1. The zero-order chi connectivity index (χ0) is 53.3. The number of hydrogen-bond donors (Lipinski definition) is 2. The van der Waals surface area contributed by atoms with Crippen LogP contribution in [-0.2, 0) is 80.9 Å². The summed E-state index contributed by atoms with van der Waals surface area (Å²) in [6, 6.07) is -0.395. The fraction of sp³-hybridized carbons (Fsp3) is 0.854. The average Bonchev–Trinajstić information content (AvgIpc) is 3.24. The monoisotopic (exact) mass is 1020 g/mol. The minimum absolute atomic E-state index is 0.0160. The van der Waals surface area contributed by atoms with E-state index in [2.05, 4.69) is 5.16 Å². The molecule has 3 saturated heterocycles. The van der Waals surface area contributed by atoms with Crippen LogP contribution in [0.3, 0.4) is 0 Å². The van der Waals surface area contributed by atoms with Gasteiger partial charge in [-0.2, -0.15) is 8.42 Å². The molecule has 3 heterocycles. The van der Waals surface area contributed by atoms with Gasteiger partial charge >= 0.3 is 23.9 Å². The molecule has 0 spiro atoms. The molecule has 0 saturated carbocycles. The molecule has 3 fully saturated rings. The van der Waals surface area contributed by atoms with Crippen LogP contribution < -0.4 is 0 Å². The molecule has 0 bridgehead atoms. The van der Waals surface area contributed by atoms with Crippen molar-refractivity contribution in [3.8, 4) is 0 Å². The number of hydrogen-bond acceptors (Lipinski definition) is 21. The van der Waals surface area contributed by atoms with E-state index in [0.29, 0.717) is 6.42 Å². The zero-order valence-corrected chi connectivity index (χ0v) is 45.0. The van der Waals surface area contributed by atoms with Gasteiger partial charge in [0.15, 0.2) is 24.8 Å². The van der Waals surface area contributed by atoms with Gasteiger partial charge < -0.3 is 62.6 Å². The van der Waals surface area contributed by atoms with E-state index >= 15 is 0 Å².